The Labute approximate surface area is 122 Å². The molecule has 20 heavy (non-hydrogen) atoms. The Kier molecular flexibility index (Phi) is 4.81. The Bertz CT molecular complexity index is 460. The van der Waals surface area contributed by atoms with E-state index >= 15 is 0 Å². The van der Waals surface area contributed by atoms with Crippen molar-refractivity contribution in [1.29, 1.82) is 0 Å². The molecule has 0 radical (unpaired) electrons. The molecule has 0 spiro atoms. The van der Waals surface area contributed by atoms with E-state index in [-0.39, 0.29) is 0 Å². The second-order valence-corrected chi connectivity index (χ2v) is 5.62. The molecule has 1 N–H and O–H groups in total. The number of nitrogens with one attached hydrogen (secondary N) is 1. The Morgan fingerprint density at radius 1 is 1.35 bits per heavy atom. The molecule has 1 aromatic heterocycles. The molecule has 0 bridgehead atoms. The fourth-order valence-corrected chi connectivity index (χ4v) is 3.15. The average molecular weight is 277 g/mol. The van der Waals surface area contributed by atoms with Crippen LogP contribution in [0.25, 0.3) is 0 Å². The minimum atomic E-state index is 0.651. The van der Waals surface area contributed by atoms with Crippen molar-refractivity contribution in [1.82, 2.24) is 14.9 Å². The Morgan fingerprint density at radius 2 is 2.10 bits per heavy atom. The summed E-state index contributed by atoms with van der Waals surface area (Å²) in [6.07, 6.45) is 2.61. The SMILES string of the molecule is CCN1CCCC1CN(C)c1nc(C)nc(NC)c1C. The summed E-state index contributed by atoms with van der Waals surface area (Å²) in [6, 6.07) is 0.651. The molecule has 0 aliphatic carbocycles. The zero-order valence-electron chi connectivity index (χ0n) is 13.4. The fraction of sp³-hybridized carbons (Fsp3) is 0.733. The maximum absolute atomic E-state index is 4.63. The van der Waals surface area contributed by atoms with Gasteiger partial charge in [-0.2, -0.15) is 0 Å². The normalized spacial score (nSPS) is 19.4. The molecule has 1 atom stereocenters. The Hall–Kier alpha value is -1.36. The number of aryl methyl sites for hydroxylation is 1. The lowest BCUT2D eigenvalue weighted by molar-refractivity contribution is 0.270. The van der Waals surface area contributed by atoms with Crippen molar-refractivity contribution in [2.45, 2.75) is 39.7 Å². The van der Waals surface area contributed by atoms with E-state index in [4.69, 9.17) is 0 Å². The van der Waals surface area contributed by atoms with Gasteiger partial charge in [-0.1, -0.05) is 6.92 Å². The summed E-state index contributed by atoms with van der Waals surface area (Å²) >= 11 is 0. The van der Waals surface area contributed by atoms with Gasteiger partial charge in [0.25, 0.3) is 0 Å². The van der Waals surface area contributed by atoms with Crippen LogP contribution in [0.15, 0.2) is 0 Å². The molecule has 5 nitrogen and oxygen atoms in total. The number of hydrogen-bond donors (Lipinski definition) is 1. The van der Waals surface area contributed by atoms with Crippen molar-refractivity contribution in [2.75, 3.05) is 43.9 Å². The first-order chi connectivity index (χ1) is 9.56. The molecule has 1 saturated heterocycles. The zero-order valence-corrected chi connectivity index (χ0v) is 13.4. The van der Waals surface area contributed by atoms with Crippen molar-refractivity contribution in [3.05, 3.63) is 11.4 Å². The van der Waals surface area contributed by atoms with Gasteiger partial charge in [-0.25, -0.2) is 9.97 Å². The molecular formula is C15H27N5. The van der Waals surface area contributed by atoms with Gasteiger partial charge in [-0.15, -0.1) is 0 Å². The molecule has 0 saturated carbocycles. The van der Waals surface area contributed by atoms with E-state index in [1.54, 1.807) is 0 Å². The number of aromatic nitrogens is 2. The third-order valence-corrected chi connectivity index (χ3v) is 4.22. The van der Waals surface area contributed by atoms with E-state index in [0.29, 0.717) is 6.04 Å². The van der Waals surface area contributed by atoms with Crippen LogP contribution < -0.4 is 10.2 Å². The highest BCUT2D eigenvalue weighted by molar-refractivity contribution is 5.58. The lowest BCUT2D eigenvalue weighted by Gasteiger charge is -2.29. The number of rotatable bonds is 5. The van der Waals surface area contributed by atoms with E-state index < -0.39 is 0 Å². The smallest absolute Gasteiger partial charge is 0.137 e. The second-order valence-electron chi connectivity index (χ2n) is 5.62. The predicted molar refractivity (Wildman–Crippen MR) is 84.6 cm³/mol. The number of nitrogens with zero attached hydrogens (tertiary/aromatic N) is 4. The average Bonchev–Trinajstić information content (AvgIpc) is 2.87. The summed E-state index contributed by atoms with van der Waals surface area (Å²) in [4.78, 5) is 13.9. The maximum atomic E-state index is 4.63. The summed E-state index contributed by atoms with van der Waals surface area (Å²) in [5.74, 6) is 2.79. The molecule has 112 valence electrons. The van der Waals surface area contributed by atoms with Gasteiger partial charge >= 0.3 is 0 Å². The number of hydrogen-bond acceptors (Lipinski definition) is 5. The number of anilines is 2. The van der Waals surface area contributed by atoms with Gasteiger partial charge < -0.3 is 10.2 Å². The predicted octanol–water partition coefficient (Wildman–Crippen LogP) is 2.06. The topological polar surface area (TPSA) is 44.3 Å². The van der Waals surface area contributed by atoms with Crippen LogP contribution in [0.2, 0.25) is 0 Å². The second kappa shape index (κ2) is 6.39. The first kappa shape index (κ1) is 15.0. The lowest BCUT2D eigenvalue weighted by Crippen LogP contribution is -2.39. The first-order valence-electron chi connectivity index (χ1n) is 7.55. The molecule has 2 heterocycles. The Balaban J connectivity index is 2.16. The highest BCUT2D eigenvalue weighted by Crippen LogP contribution is 2.24. The van der Waals surface area contributed by atoms with Gasteiger partial charge in [0.05, 0.1) is 0 Å². The standard InChI is InChI=1S/C15H27N5/c1-6-20-9-7-8-13(20)10-19(5)15-11(2)14(16-4)17-12(3)18-15/h13H,6-10H2,1-5H3,(H,16,17,18). The third-order valence-electron chi connectivity index (χ3n) is 4.22. The van der Waals surface area contributed by atoms with Crippen molar-refractivity contribution in [3.63, 3.8) is 0 Å². The minimum Gasteiger partial charge on any atom is -0.373 e. The van der Waals surface area contributed by atoms with E-state index in [2.05, 4.69) is 46.0 Å². The number of likely N-dealkylation sites (N-methyl/N-ethyl adjacent to an activating group) is 2. The summed E-state index contributed by atoms with van der Waals surface area (Å²) in [5.41, 5.74) is 1.13. The van der Waals surface area contributed by atoms with Crippen LogP contribution in [0, 0.1) is 13.8 Å². The van der Waals surface area contributed by atoms with Crippen LogP contribution in [0.3, 0.4) is 0 Å². The highest BCUT2D eigenvalue weighted by Gasteiger charge is 2.25. The van der Waals surface area contributed by atoms with Gasteiger partial charge in [0, 0.05) is 32.2 Å². The summed E-state index contributed by atoms with van der Waals surface area (Å²) in [6.45, 7) is 9.70. The monoisotopic (exact) mass is 277 g/mol. The largest absolute Gasteiger partial charge is 0.373 e. The van der Waals surface area contributed by atoms with E-state index in [0.717, 1.165) is 36.1 Å². The van der Waals surface area contributed by atoms with Crippen LogP contribution in [0.5, 0.6) is 0 Å². The first-order valence-corrected chi connectivity index (χ1v) is 7.55. The molecule has 2 rings (SSSR count). The number of likely N-dealkylation sites (tertiary alicyclic amines) is 1. The van der Waals surface area contributed by atoms with Crippen molar-refractivity contribution < 1.29 is 0 Å². The minimum absolute atomic E-state index is 0.651. The van der Waals surface area contributed by atoms with Gasteiger partial charge in [-0.3, -0.25) is 4.90 Å². The van der Waals surface area contributed by atoms with Crippen molar-refractivity contribution >= 4 is 11.6 Å². The zero-order chi connectivity index (χ0) is 14.7. The molecule has 1 unspecified atom stereocenters. The van der Waals surface area contributed by atoms with Crippen LogP contribution in [0.1, 0.15) is 31.2 Å². The molecule has 1 aliphatic rings. The Morgan fingerprint density at radius 3 is 2.75 bits per heavy atom. The summed E-state index contributed by atoms with van der Waals surface area (Å²) in [7, 11) is 4.05. The van der Waals surface area contributed by atoms with Crippen LogP contribution in [0.4, 0.5) is 11.6 Å². The summed E-state index contributed by atoms with van der Waals surface area (Å²) < 4.78 is 0. The molecule has 5 heteroatoms. The van der Waals surface area contributed by atoms with E-state index in [1.165, 1.54) is 19.4 Å². The highest BCUT2D eigenvalue weighted by atomic mass is 15.3. The van der Waals surface area contributed by atoms with Crippen molar-refractivity contribution in [3.8, 4) is 0 Å². The molecule has 1 fully saturated rings. The quantitative estimate of drug-likeness (QED) is 0.892. The molecule has 0 amide bonds. The molecular weight excluding hydrogens is 250 g/mol. The summed E-state index contributed by atoms with van der Waals surface area (Å²) in [5, 5.41) is 3.16. The maximum Gasteiger partial charge on any atom is 0.137 e. The van der Waals surface area contributed by atoms with Crippen LogP contribution >= 0.6 is 0 Å². The van der Waals surface area contributed by atoms with Gasteiger partial charge in [0.1, 0.15) is 17.5 Å². The fourth-order valence-electron chi connectivity index (χ4n) is 3.15. The van der Waals surface area contributed by atoms with Crippen molar-refractivity contribution in [2.24, 2.45) is 0 Å². The van der Waals surface area contributed by atoms with Gasteiger partial charge in [0.15, 0.2) is 0 Å². The lowest BCUT2D eigenvalue weighted by atomic mass is 10.2. The van der Waals surface area contributed by atoms with Crippen LogP contribution in [-0.4, -0.2) is 54.6 Å². The van der Waals surface area contributed by atoms with Crippen LogP contribution in [-0.2, 0) is 0 Å². The van der Waals surface area contributed by atoms with Gasteiger partial charge in [0.2, 0.25) is 0 Å². The molecule has 1 aromatic rings. The van der Waals surface area contributed by atoms with Gasteiger partial charge in [-0.05, 0) is 39.8 Å². The molecule has 0 aromatic carbocycles. The van der Waals surface area contributed by atoms with E-state index in [1.807, 2.05) is 14.0 Å². The third kappa shape index (κ3) is 3.03. The van der Waals surface area contributed by atoms with E-state index in [9.17, 15) is 0 Å². The molecule has 1 aliphatic heterocycles.